The molecule has 7 nitrogen and oxygen atoms in total. The van der Waals surface area contributed by atoms with Crippen LogP contribution in [0.25, 0.3) is 0 Å². The molecular formula is C13H10Cl3NO6. The number of hydrogen-bond acceptors (Lipinski definition) is 6. The second-order valence-electron chi connectivity index (χ2n) is 4.31. The highest BCUT2D eigenvalue weighted by atomic mass is 35.5. The largest absolute Gasteiger partial charge is 0.480 e. The minimum Gasteiger partial charge on any atom is -0.480 e. The zero-order valence-electron chi connectivity index (χ0n) is 11.5. The Kier molecular flexibility index (Phi) is 5.92. The lowest BCUT2D eigenvalue weighted by Gasteiger charge is -2.12. The number of nitrogens with zero attached hydrogens (tertiary/aromatic N) is 1. The number of amides is 2. The Hall–Kier alpha value is -1.70. The molecule has 23 heavy (non-hydrogen) atoms. The van der Waals surface area contributed by atoms with Crippen LogP contribution in [0.4, 0.5) is 4.79 Å². The summed E-state index contributed by atoms with van der Waals surface area (Å²) in [6.07, 6.45) is -0.759. The monoisotopic (exact) mass is 381 g/mol. The molecule has 1 aromatic rings. The van der Waals surface area contributed by atoms with Gasteiger partial charge in [-0.05, 0) is 6.07 Å². The number of rotatable bonds is 5. The predicted octanol–water partition coefficient (Wildman–Crippen LogP) is 2.55. The Balaban J connectivity index is 1.80. The number of benzene rings is 1. The first kappa shape index (κ1) is 17.7. The van der Waals surface area contributed by atoms with Gasteiger partial charge in [-0.3, -0.25) is 4.79 Å². The van der Waals surface area contributed by atoms with Crippen molar-refractivity contribution in [2.75, 3.05) is 26.4 Å². The molecule has 0 aromatic heterocycles. The van der Waals surface area contributed by atoms with E-state index in [1.807, 2.05) is 0 Å². The van der Waals surface area contributed by atoms with Crippen LogP contribution in [0.1, 0.15) is 0 Å². The first-order valence-electron chi connectivity index (χ1n) is 6.28. The Morgan fingerprint density at radius 2 is 1.83 bits per heavy atom. The number of carbonyl (C=O) groups excluding carboxylic acids is 3. The molecule has 1 aliphatic heterocycles. The predicted molar refractivity (Wildman–Crippen MR) is 81.0 cm³/mol. The van der Waals surface area contributed by atoms with E-state index in [1.165, 1.54) is 12.1 Å². The number of carbonyl (C=O) groups is 3. The molecule has 2 amide bonds. The van der Waals surface area contributed by atoms with E-state index >= 15 is 0 Å². The van der Waals surface area contributed by atoms with Gasteiger partial charge in [0.15, 0.2) is 13.2 Å². The number of imide groups is 1. The highest BCUT2D eigenvalue weighted by molar-refractivity contribution is 6.43. The maximum Gasteiger partial charge on any atom is 0.416 e. The van der Waals surface area contributed by atoms with Crippen LogP contribution < -0.4 is 4.74 Å². The molecule has 0 atom stereocenters. The van der Waals surface area contributed by atoms with Crippen molar-refractivity contribution in [3.63, 3.8) is 0 Å². The molecule has 1 fully saturated rings. The summed E-state index contributed by atoms with van der Waals surface area (Å²) in [6, 6.07) is 2.72. The molecule has 10 heteroatoms. The molecule has 0 spiro atoms. The van der Waals surface area contributed by atoms with Crippen molar-refractivity contribution >= 4 is 52.8 Å². The van der Waals surface area contributed by atoms with E-state index in [2.05, 4.69) is 4.74 Å². The van der Waals surface area contributed by atoms with Crippen molar-refractivity contribution < 1.29 is 28.6 Å². The summed E-state index contributed by atoms with van der Waals surface area (Å²) in [5.74, 6) is -1.34. The quantitative estimate of drug-likeness (QED) is 0.575. The fourth-order valence-corrected chi connectivity index (χ4v) is 2.22. The molecular weight excluding hydrogens is 373 g/mol. The third-order valence-electron chi connectivity index (χ3n) is 2.74. The summed E-state index contributed by atoms with van der Waals surface area (Å²) >= 11 is 17.5. The molecule has 0 unspecified atom stereocenters. The van der Waals surface area contributed by atoms with Gasteiger partial charge in [0, 0.05) is 6.07 Å². The van der Waals surface area contributed by atoms with E-state index in [-0.39, 0.29) is 34.0 Å². The molecule has 1 aliphatic rings. The van der Waals surface area contributed by atoms with Crippen LogP contribution >= 0.6 is 34.8 Å². The van der Waals surface area contributed by atoms with E-state index in [0.29, 0.717) is 0 Å². The van der Waals surface area contributed by atoms with Crippen molar-refractivity contribution in [1.29, 1.82) is 0 Å². The van der Waals surface area contributed by atoms with Crippen LogP contribution in [0.5, 0.6) is 5.75 Å². The maximum atomic E-state index is 11.6. The lowest BCUT2D eigenvalue weighted by molar-refractivity contribution is -0.152. The molecule has 2 rings (SSSR count). The van der Waals surface area contributed by atoms with Gasteiger partial charge in [-0.25, -0.2) is 14.5 Å². The Labute approximate surface area is 145 Å². The summed E-state index contributed by atoms with van der Waals surface area (Å²) in [5, 5.41) is 0.625. The van der Waals surface area contributed by atoms with Gasteiger partial charge in [-0.1, -0.05) is 34.8 Å². The smallest absolute Gasteiger partial charge is 0.416 e. The molecule has 124 valence electrons. The summed E-state index contributed by atoms with van der Waals surface area (Å²) < 4.78 is 14.5. The fourth-order valence-electron chi connectivity index (χ4n) is 1.63. The Morgan fingerprint density at radius 3 is 2.48 bits per heavy atom. The van der Waals surface area contributed by atoms with E-state index < -0.39 is 31.2 Å². The third kappa shape index (κ3) is 4.63. The van der Waals surface area contributed by atoms with Crippen LogP contribution in [0.15, 0.2) is 12.1 Å². The number of ether oxygens (including phenoxy) is 3. The van der Waals surface area contributed by atoms with Crippen LogP contribution in [0, 0.1) is 0 Å². The van der Waals surface area contributed by atoms with Gasteiger partial charge in [0.25, 0.3) is 5.91 Å². The van der Waals surface area contributed by atoms with Crippen LogP contribution in [-0.2, 0) is 19.1 Å². The molecule has 1 aromatic carbocycles. The van der Waals surface area contributed by atoms with E-state index in [0.717, 1.165) is 4.90 Å². The topological polar surface area (TPSA) is 82.1 Å². The summed E-state index contributed by atoms with van der Waals surface area (Å²) in [6.45, 7) is -0.830. The zero-order valence-corrected chi connectivity index (χ0v) is 13.8. The molecule has 1 heterocycles. The minimum atomic E-state index is -0.812. The third-order valence-corrected chi connectivity index (χ3v) is 3.76. The van der Waals surface area contributed by atoms with Crippen molar-refractivity contribution in [3.8, 4) is 5.75 Å². The van der Waals surface area contributed by atoms with Gasteiger partial charge in [0.05, 0.1) is 21.6 Å². The Bertz CT molecular complexity index is 651. The molecule has 0 aliphatic carbocycles. The van der Waals surface area contributed by atoms with Crippen LogP contribution in [0.2, 0.25) is 15.1 Å². The summed E-state index contributed by atoms with van der Waals surface area (Å²) in [7, 11) is 0. The summed E-state index contributed by atoms with van der Waals surface area (Å²) in [4.78, 5) is 35.2. The highest BCUT2D eigenvalue weighted by Gasteiger charge is 2.28. The second kappa shape index (κ2) is 7.72. The lowest BCUT2D eigenvalue weighted by Crippen LogP contribution is -2.35. The average molecular weight is 383 g/mol. The summed E-state index contributed by atoms with van der Waals surface area (Å²) in [5.41, 5.74) is 0. The minimum absolute atomic E-state index is 0.122. The van der Waals surface area contributed by atoms with E-state index in [1.54, 1.807) is 0 Å². The highest BCUT2D eigenvalue weighted by Crippen LogP contribution is 2.33. The van der Waals surface area contributed by atoms with Crippen molar-refractivity contribution in [1.82, 2.24) is 4.90 Å². The van der Waals surface area contributed by atoms with Gasteiger partial charge < -0.3 is 14.2 Å². The Morgan fingerprint density at radius 1 is 1.13 bits per heavy atom. The van der Waals surface area contributed by atoms with Crippen LogP contribution in [0.3, 0.4) is 0 Å². The van der Waals surface area contributed by atoms with Gasteiger partial charge in [0.1, 0.15) is 12.4 Å². The first-order valence-corrected chi connectivity index (χ1v) is 7.42. The zero-order chi connectivity index (χ0) is 17.0. The number of esters is 1. The van der Waals surface area contributed by atoms with Crippen molar-refractivity contribution in [3.05, 3.63) is 27.2 Å². The van der Waals surface area contributed by atoms with Crippen molar-refractivity contribution in [2.45, 2.75) is 0 Å². The standard InChI is InChI=1S/C13H10Cl3NO6/c14-7-3-9(16)10(4-8(7)15)22-6-12(19)23-5-11(18)17-1-2-21-13(17)20/h3-4H,1-2,5-6H2. The molecule has 0 bridgehead atoms. The number of cyclic esters (lactones) is 1. The number of hydrogen-bond donors (Lipinski definition) is 0. The van der Waals surface area contributed by atoms with Gasteiger partial charge in [0.2, 0.25) is 0 Å². The molecule has 1 saturated heterocycles. The van der Waals surface area contributed by atoms with Crippen LogP contribution in [-0.4, -0.2) is 49.2 Å². The van der Waals surface area contributed by atoms with Gasteiger partial charge in [-0.2, -0.15) is 0 Å². The van der Waals surface area contributed by atoms with Gasteiger partial charge in [-0.15, -0.1) is 0 Å². The molecule has 0 N–H and O–H groups in total. The van der Waals surface area contributed by atoms with E-state index in [9.17, 15) is 14.4 Å². The number of halogens is 3. The average Bonchev–Trinajstić information content (AvgIpc) is 2.93. The normalized spacial score (nSPS) is 13.7. The first-order chi connectivity index (χ1) is 10.9. The lowest BCUT2D eigenvalue weighted by atomic mass is 10.3. The van der Waals surface area contributed by atoms with E-state index in [4.69, 9.17) is 44.3 Å². The SMILES string of the molecule is O=C(COc1cc(Cl)c(Cl)cc1Cl)OCC(=O)N1CCOC1=O. The maximum absolute atomic E-state index is 11.6. The molecule has 0 radical (unpaired) electrons. The van der Waals surface area contributed by atoms with Gasteiger partial charge >= 0.3 is 12.1 Å². The molecule has 0 saturated carbocycles. The second-order valence-corrected chi connectivity index (χ2v) is 5.53. The van der Waals surface area contributed by atoms with Crippen molar-refractivity contribution in [2.24, 2.45) is 0 Å². The fraction of sp³-hybridized carbons (Fsp3) is 0.308.